The minimum atomic E-state index is -0.259. The highest BCUT2D eigenvalue weighted by molar-refractivity contribution is 6.20. The molecule has 1 aliphatic rings. The maximum Gasteiger partial charge on any atom is 0.128 e. The van der Waals surface area contributed by atoms with Crippen molar-refractivity contribution in [3.05, 3.63) is 29.3 Å². The van der Waals surface area contributed by atoms with Crippen LogP contribution in [0.5, 0.6) is 0 Å². The number of alkyl halides is 1. The lowest BCUT2D eigenvalue weighted by atomic mass is 10.2. The average molecular weight is 313 g/mol. The Labute approximate surface area is 127 Å². The van der Waals surface area contributed by atoms with E-state index in [1.165, 1.54) is 6.07 Å². The van der Waals surface area contributed by atoms with Gasteiger partial charge in [0.25, 0.3) is 0 Å². The van der Waals surface area contributed by atoms with Crippen LogP contribution in [0, 0.1) is 12.7 Å². The van der Waals surface area contributed by atoms with E-state index in [9.17, 15) is 4.39 Å². The van der Waals surface area contributed by atoms with Gasteiger partial charge in [0.15, 0.2) is 0 Å². The summed E-state index contributed by atoms with van der Waals surface area (Å²) in [5, 5.41) is -0.259. The first-order chi connectivity index (χ1) is 10.1. The molecule has 0 amide bonds. The maximum atomic E-state index is 13.7. The molecule has 2 atom stereocenters. The van der Waals surface area contributed by atoms with Crippen molar-refractivity contribution in [2.75, 3.05) is 19.8 Å². The van der Waals surface area contributed by atoms with Crippen molar-refractivity contribution < 1.29 is 13.9 Å². The van der Waals surface area contributed by atoms with Gasteiger partial charge in [-0.3, -0.25) is 0 Å². The largest absolute Gasteiger partial charge is 0.376 e. The zero-order valence-electron chi connectivity index (χ0n) is 12.1. The van der Waals surface area contributed by atoms with Crippen LogP contribution in [0.2, 0.25) is 0 Å². The summed E-state index contributed by atoms with van der Waals surface area (Å²) in [6.45, 7) is 5.99. The fourth-order valence-corrected chi connectivity index (χ4v) is 2.78. The number of nitrogens with zero attached hydrogens (tertiary/aromatic N) is 2. The van der Waals surface area contributed by atoms with Gasteiger partial charge >= 0.3 is 0 Å². The van der Waals surface area contributed by atoms with Gasteiger partial charge in [0, 0.05) is 6.07 Å². The van der Waals surface area contributed by atoms with E-state index in [-0.39, 0.29) is 17.3 Å². The molecule has 2 unspecified atom stereocenters. The van der Waals surface area contributed by atoms with Gasteiger partial charge in [-0.15, -0.1) is 11.6 Å². The first kappa shape index (κ1) is 14.8. The summed E-state index contributed by atoms with van der Waals surface area (Å²) < 4.78 is 26.9. The summed E-state index contributed by atoms with van der Waals surface area (Å²) in [6, 6.07) is 3.27. The van der Waals surface area contributed by atoms with E-state index in [0.717, 1.165) is 11.3 Å². The lowest BCUT2D eigenvalue weighted by Gasteiger charge is -2.24. The molecule has 2 heterocycles. The first-order valence-electron chi connectivity index (χ1n) is 7.06. The van der Waals surface area contributed by atoms with Crippen molar-refractivity contribution in [2.24, 2.45) is 0 Å². The highest BCUT2D eigenvalue weighted by Gasteiger charge is 2.21. The minimum absolute atomic E-state index is 0.0318. The molecule has 0 aliphatic carbocycles. The third kappa shape index (κ3) is 2.91. The van der Waals surface area contributed by atoms with Crippen LogP contribution in [0.1, 0.15) is 23.7 Å². The Bertz CT molecular complexity index is 651. The summed E-state index contributed by atoms with van der Waals surface area (Å²) in [5.74, 6) is 0.476. The van der Waals surface area contributed by atoms with Crippen molar-refractivity contribution in [1.29, 1.82) is 0 Å². The van der Waals surface area contributed by atoms with Crippen LogP contribution < -0.4 is 0 Å². The van der Waals surface area contributed by atoms with E-state index in [2.05, 4.69) is 4.98 Å². The van der Waals surface area contributed by atoms with Crippen molar-refractivity contribution in [1.82, 2.24) is 9.55 Å². The normalized spacial score (nSPS) is 20.9. The van der Waals surface area contributed by atoms with Crippen LogP contribution in [0.3, 0.4) is 0 Å². The molecule has 1 aliphatic heterocycles. The number of aromatic nitrogens is 2. The summed E-state index contributed by atoms with van der Waals surface area (Å²) in [4.78, 5) is 4.47. The van der Waals surface area contributed by atoms with Crippen molar-refractivity contribution >= 4 is 22.6 Å². The van der Waals surface area contributed by atoms with E-state index in [4.69, 9.17) is 21.1 Å². The molecule has 6 heteroatoms. The number of aryl methyl sites for hydroxylation is 1. The SMILES string of the molecule is Cc1cc2c(cc1F)nc(C(C)Cl)n2CC1COCCO1. The summed E-state index contributed by atoms with van der Waals surface area (Å²) >= 11 is 6.23. The first-order valence-corrected chi connectivity index (χ1v) is 7.49. The number of fused-ring (bicyclic) bond motifs is 1. The number of benzene rings is 1. The quantitative estimate of drug-likeness (QED) is 0.817. The molecule has 0 radical (unpaired) electrons. The lowest BCUT2D eigenvalue weighted by Crippen LogP contribution is -2.32. The second-order valence-electron chi connectivity index (χ2n) is 5.35. The van der Waals surface area contributed by atoms with Gasteiger partial charge in [0.2, 0.25) is 0 Å². The zero-order valence-corrected chi connectivity index (χ0v) is 12.9. The summed E-state index contributed by atoms with van der Waals surface area (Å²) in [7, 11) is 0. The number of hydrogen-bond donors (Lipinski definition) is 0. The Kier molecular flexibility index (Phi) is 4.15. The van der Waals surface area contributed by atoms with Crippen LogP contribution in [-0.2, 0) is 16.0 Å². The van der Waals surface area contributed by atoms with E-state index in [1.54, 1.807) is 6.92 Å². The van der Waals surface area contributed by atoms with Crippen LogP contribution in [0.25, 0.3) is 11.0 Å². The number of rotatable bonds is 3. The van der Waals surface area contributed by atoms with E-state index in [1.807, 2.05) is 17.6 Å². The van der Waals surface area contributed by atoms with Crippen LogP contribution in [0.4, 0.5) is 4.39 Å². The standard InChI is InChI=1S/C15H18ClFN2O2/c1-9-5-14-13(6-12(9)17)18-15(10(2)16)19(14)7-11-8-20-3-4-21-11/h5-6,10-11H,3-4,7-8H2,1-2H3. The predicted molar refractivity (Wildman–Crippen MR) is 79.3 cm³/mol. The van der Waals surface area contributed by atoms with E-state index >= 15 is 0 Å². The Morgan fingerprint density at radius 3 is 2.95 bits per heavy atom. The van der Waals surface area contributed by atoms with Gasteiger partial charge in [0.1, 0.15) is 11.6 Å². The predicted octanol–water partition coefficient (Wildman–Crippen LogP) is 3.20. The minimum Gasteiger partial charge on any atom is -0.376 e. The van der Waals surface area contributed by atoms with E-state index < -0.39 is 0 Å². The summed E-state index contributed by atoms with van der Waals surface area (Å²) in [6.07, 6.45) is -0.0318. The van der Waals surface area contributed by atoms with E-state index in [0.29, 0.717) is 37.4 Å². The van der Waals surface area contributed by atoms with Gasteiger partial charge in [-0.1, -0.05) is 0 Å². The molecular formula is C15H18ClFN2O2. The fourth-order valence-electron chi connectivity index (χ4n) is 2.61. The second-order valence-corrected chi connectivity index (χ2v) is 6.01. The molecule has 21 heavy (non-hydrogen) atoms. The molecule has 0 N–H and O–H groups in total. The van der Waals surface area contributed by atoms with Crippen molar-refractivity contribution in [3.63, 3.8) is 0 Å². The van der Waals surface area contributed by atoms with Crippen molar-refractivity contribution in [2.45, 2.75) is 31.9 Å². The fraction of sp³-hybridized carbons (Fsp3) is 0.533. The van der Waals surface area contributed by atoms with Crippen molar-refractivity contribution in [3.8, 4) is 0 Å². The molecule has 0 saturated carbocycles. The molecule has 0 spiro atoms. The Morgan fingerprint density at radius 2 is 2.29 bits per heavy atom. The molecule has 2 aromatic rings. The molecule has 4 nitrogen and oxygen atoms in total. The number of imidazole rings is 1. The Balaban J connectivity index is 2.04. The molecule has 114 valence electrons. The van der Waals surface area contributed by atoms with Gasteiger partial charge < -0.3 is 14.0 Å². The summed E-state index contributed by atoms with van der Waals surface area (Å²) in [5.41, 5.74) is 2.10. The smallest absolute Gasteiger partial charge is 0.128 e. The molecule has 0 bridgehead atoms. The number of halogens is 2. The van der Waals surface area contributed by atoms with Crippen LogP contribution >= 0.6 is 11.6 Å². The van der Waals surface area contributed by atoms with Gasteiger partial charge in [-0.25, -0.2) is 9.37 Å². The third-order valence-corrected chi connectivity index (χ3v) is 3.88. The van der Waals surface area contributed by atoms with Gasteiger partial charge in [-0.2, -0.15) is 0 Å². The highest BCUT2D eigenvalue weighted by Crippen LogP contribution is 2.27. The third-order valence-electron chi connectivity index (χ3n) is 3.69. The second kappa shape index (κ2) is 5.91. The number of hydrogen-bond acceptors (Lipinski definition) is 3. The number of ether oxygens (including phenoxy) is 2. The Morgan fingerprint density at radius 1 is 1.48 bits per heavy atom. The topological polar surface area (TPSA) is 36.3 Å². The lowest BCUT2D eigenvalue weighted by molar-refractivity contribution is -0.0934. The van der Waals surface area contributed by atoms with Gasteiger partial charge in [0.05, 0.1) is 48.9 Å². The molecule has 1 fully saturated rings. The monoisotopic (exact) mass is 312 g/mol. The molecule has 3 rings (SSSR count). The van der Waals surface area contributed by atoms with Crippen LogP contribution in [0.15, 0.2) is 12.1 Å². The maximum absolute atomic E-state index is 13.7. The average Bonchev–Trinajstić information content (AvgIpc) is 2.79. The molecular weight excluding hydrogens is 295 g/mol. The molecule has 1 saturated heterocycles. The van der Waals surface area contributed by atoms with Crippen LogP contribution in [-0.4, -0.2) is 35.5 Å². The van der Waals surface area contributed by atoms with Gasteiger partial charge in [-0.05, 0) is 25.5 Å². The zero-order chi connectivity index (χ0) is 15.0. The Hall–Kier alpha value is -1.17. The highest BCUT2D eigenvalue weighted by atomic mass is 35.5. The molecule has 1 aromatic carbocycles. The molecule has 1 aromatic heterocycles.